The second-order valence-corrected chi connectivity index (χ2v) is 11.0. The number of piperidine rings is 1. The molecule has 2 aliphatic rings. The number of carbonyl (C=O) groups is 1. The lowest BCUT2D eigenvalue weighted by atomic mass is 9.98. The fraction of sp³-hybridized carbons (Fsp3) is 0.435. The lowest BCUT2D eigenvalue weighted by molar-refractivity contribution is 0.0303. The molecule has 172 valence electrons. The van der Waals surface area contributed by atoms with Gasteiger partial charge in [0.1, 0.15) is 0 Å². The summed E-state index contributed by atoms with van der Waals surface area (Å²) in [5.74, 6) is 0.535. The molecule has 0 atom stereocenters. The summed E-state index contributed by atoms with van der Waals surface area (Å²) in [6.07, 6.45) is 2.10. The van der Waals surface area contributed by atoms with Crippen LogP contribution in [-0.4, -0.2) is 58.6 Å². The number of halogens is 1. The first-order chi connectivity index (χ1) is 15.3. The van der Waals surface area contributed by atoms with Crippen LogP contribution >= 0.6 is 15.9 Å². The first-order valence-corrected chi connectivity index (χ1v) is 13.2. The van der Waals surface area contributed by atoms with Gasteiger partial charge in [-0.2, -0.15) is 0 Å². The first kappa shape index (κ1) is 23.1. The molecule has 0 saturated carbocycles. The Bertz CT molecular complexity index is 1060. The van der Waals surface area contributed by atoms with Crippen molar-refractivity contribution in [1.82, 2.24) is 4.90 Å². The molecule has 0 aliphatic carbocycles. The van der Waals surface area contributed by atoms with E-state index in [1.165, 1.54) is 0 Å². The molecule has 4 rings (SSSR count). The smallest absolute Gasteiger partial charge is 0.261 e. The first-order valence-electron chi connectivity index (χ1n) is 10.9. The van der Waals surface area contributed by atoms with E-state index in [0.29, 0.717) is 43.5 Å². The molecule has 2 fully saturated rings. The third-order valence-corrected chi connectivity index (χ3v) is 7.94. The van der Waals surface area contributed by atoms with Gasteiger partial charge in [-0.05, 0) is 61.2 Å². The van der Waals surface area contributed by atoms with Gasteiger partial charge in [0.2, 0.25) is 0 Å². The molecular formula is C23H28BrN3O4S. The highest BCUT2D eigenvalue weighted by atomic mass is 79.9. The van der Waals surface area contributed by atoms with Crippen molar-refractivity contribution in [1.29, 1.82) is 0 Å². The lowest BCUT2D eigenvalue weighted by Crippen LogP contribution is -2.40. The summed E-state index contributed by atoms with van der Waals surface area (Å²) in [5, 5.41) is 0. The maximum absolute atomic E-state index is 13.1. The van der Waals surface area contributed by atoms with Crippen molar-refractivity contribution in [3.8, 4) is 0 Å². The zero-order valence-electron chi connectivity index (χ0n) is 18.1. The van der Waals surface area contributed by atoms with Crippen molar-refractivity contribution in [3.63, 3.8) is 0 Å². The predicted octanol–water partition coefficient (Wildman–Crippen LogP) is 3.96. The Morgan fingerprint density at radius 3 is 2.34 bits per heavy atom. The number of rotatable bonds is 5. The fourth-order valence-corrected chi connectivity index (χ4v) is 5.37. The molecule has 32 heavy (non-hydrogen) atoms. The maximum Gasteiger partial charge on any atom is 0.261 e. The van der Waals surface area contributed by atoms with Crippen LogP contribution in [0.2, 0.25) is 0 Å². The zero-order chi connectivity index (χ0) is 22.7. The van der Waals surface area contributed by atoms with E-state index in [0.717, 1.165) is 36.1 Å². The van der Waals surface area contributed by atoms with Crippen LogP contribution in [0, 0.1) is 5.92 Å². The summed E-state index contributed by atoms with van der Waals surface area (Å²) < 4.78 is 35.1. The average molecular weight is 522 g/mol. The van der Waals surface area contributed by atoms with E-state index in [1.807, 2.05) is 6.07 Å². The number of hydrogen-bond acceptors (Lipinski definition) is 5. The summed E-state index contributed by atoms with van der Waals surface area (Å²) in [6.45, 7) is 6.03. The number of amides is 1. The number of morpholine rings is 1. The molecule has 9 heteroatoms. The van der Waals surface area contributed by atoms with Gasteiger partial charge in [-0.3, -0.25) is 9.52 Å². The molecule has 0 bridgehead atoms. The van der Waals surface area contributed by atoms with Crippen LogP contribution in [-0.2, 0) is 14.8 Å². The Morgan fingerprint density at radius 2 is 1.69 bits per heavy atom. The summed E-state index contributed by atoms with van der Waals surface area (Å²) in [5.41, 5.74) is 1.70. The summed E-state index contributed by atoms with van der Waals surface area (Å²) in [6, 6.07) is 11.8. The van der Waals surface area contributed by atoms with Gasteiger partial charge in [0.05, 0.1) is 29.5 Å². The Labute approximate surface area is 197 Å². The minimum Gasteiger partial charge on any atom is -0.378 e. The number of anilines is 2. The average Bonchev–Trinajstić information content (AvgIpc) is 2.80. The van der Waals surface area contributed by atoms with Crippen molar-refractivity contribution in [3.05, 3.63) is 52.5 Å². The Balaban J connectivity index is 1.67. The van der Waals surface area contributed by atoms with Crippen molar-refractivity contribution in [2.45, 2.75) is 24.7 Å². The van der Waals surface area contributed by atoms with Crippen LogP contribution in [0.4, 0.5) is 11.4 Å². The van der Waals surface area contributed by atoms with E-state index < -0.39 is 10.0 Å². The van der Waals surface area contributed by atoms with Gasteiger partial charge in [0.25, 0.3) is 15.9 Å². The Kier molecular flexibility index (Phi) is 7.07. The maximum atomic E-state index is 13.1. The van der Waals surface area contributed by atoms with Crippen molar-refractivity contribution in [2.75, 3.05) is 49.0 Å². The number of nitrogens with one attached hydrogen (secondary N) is 1. The van der Waals surface area contributed by atoms with Crippen LogP contribution in [0.1, 0.15) is 30.1 Å². The Hall–Kier alpha value is -2.10. The molecule has 7 nitrogen and oxygen atoms in total. The van der Waals surface area contributed by atoms with Gasteiger partial charge in [-0.25, -0.2) is 8.42 Å². The predicted molar refractivity (Wildman–Crippen MR) is 129 cm³/mol. The van der Waals surface area contributed by atoms with Crippen LogP contribution in [0.15, 0.2) is 51.8 Å². The number of ether oxygens (including phenoxy) is 1. The summed E-state index contributed by atoms with van der Waals surface area (Å²) >= 11 is 3.34. The van der Waals surface area contributed by atoms with Crippen LogP contribution in [0.5, 0.6) is 0 Å². The van der Waals surface area contributed by atoms with Gasteiger partial charge < -0.3 is 14.5 Å². The third-order valence-electron chi connectivity index (χ3n) is 6.03. The minimum atomic E-state index is -3.81. The van der Waals surface area contributed by atoms with Crippen molar-refractivity contribution < 1.29 is 17.9 Å². The van der Waals surface area contributed by atoms with Crippen molar-refractivity contribution >= 4 is 43.2 Å². The second kappa shape index (κ2) is 9.80. The standard InChI is InChI=1S/C23H28BrN3O4S/c1-17-8-10-26(11-9-17)22-7-2-18(23(28)27-12-14-31-15-13-27)16-21(22)25-32(29,30)20-5-3-19(24)4-6-20/h2-7,16-17,25H,8-15H2,1H3. The van der Waals surface area contributed by atoms with Crippen LogP contribution in [0.3, 0.4) is 0 Å². The molecule has 2 aromatic rings. The SMILES string of the molecule is CC1CCN(c2ccc(C(=O)N3CCOCC3)cc2NS(=O)(=O)c2ccc(Br)cc2)CC1. The van der Waals surface area contributed by atoms with Crippen molar-refractivity contribution in [2.24, 2.45) is 5.92 Å². The topological polar surface area (TPSA) is 79.0 Å². The minimum absolute atomic E-state index is 0.115. The number of carbonyl (C=O) groups excluding carboxylic acids is 1. The van der Waals surface area contributed by atoms with Gasteiger partial charge in [-0.15, -0.1) is 0 Å². The molecule has 0 unspecified atom stereocenters. The number of hydrogen-bond donors (Lipinski definition) is 1. The lowest BCUT2D eigenvalue weighted by Gasteiger charge is -2.34. The Morgan fingerprint density at radius 1 is 1.03 bits per heavy atom. The highest BCUT2D eigenvalue weighted by molar-refractivity contribution is 9.10. The molecular weight excluding hydrogens is 494 g/mol. The second-order valence-electron chi connectivity index (χ2n) is 8.37. The highest BCUT2D eigenvalue weighted by Crippen LogP contribution is 2.33. The fourth-order valence-electron chi connectivity index (χ4n) is 4.04. The third kappa shape index (κ3) is 5.27. The van der Waals surface area contributed by atoms with Gasteiger partial charge >= 0.3 is 0 Å². The van der Waals surface area contributed by atoms with E-state index in [1.54, 1.807) is 41.3 Å². The zero-order valence-corrected chi connectivity index (χ0v) is 20.5. The molecule has 2 aliphatic heterocycles. The highest BCUT2D eigenvalue weighted by Gasteiger charge is 2.25. The molecule has 1 amide bonds. The van der Waals surface area contributed by atoms with E-state index in [9.17, 15) is 13.2 Å². The quantitative estimate of drug-likeness (QED) is 0.644. The van der Waals surface area contributed by atoms with Crippen LogP contribution < -0.4 is 9.62 Å². The summed E-state index contributed by atoms with van der Waals surface area (Å²) in [7, 11) is -3.81. The molecule has 0 radical (unpaired) electrons. The van der Waals surface area contributed by atoms with Crippen LogP contribution in [0.25, 0.3) is 0 Å². The molecule has 2 saturated heterocycles. The number of benzene rings is 2. The summed E-state index contributed by atoms with van der Waals surface area (Å²) in [4.78, 5) is 17.1. The van der Waals surface area contributed by atoms with Gasteiger partial charge in [0.15, 0.2) is 0 Å². The number of nitrogens with zero attached hydrogens (tertiary/aromatic N) is 2. The van der Waals surface area contributed by atoms with E-state index in [-0.39, 0.29) is 10.8 Å². The molecule has 2 heterocycles. The monoisotopic (exact) mass is 521 g/mol. The van der Waals surface area contributed by atoms with Gasteiger partial charge in [0, 0.05) is 36.2 Å². The largest absolute Gasteiger partial charge is 0.378 e. The molecule has 0 spiro atoms. The number of sulfonamides is 1. The molecule has 2 aromatic carbocycles. The van der Waals surface area contributed by atoms with E-state index in [4.69, 9.17) is 4.74 Å². The van der Waals surface area contributed by atoms with E-state index >= 15 is 0 Å². The van der Waals surface area contributed by atoms with Gasteiger partial charge in [-0.1, -0.05) is 22.9 Å². The van der Waals surface area contributed by atoms with E-state index in [2.05, 4.69) is 32.5 Å². The molecule has 0 aromatic heterocycles. The normalized spacial score (nSPS) is 17.9. The molecule has 1 N–H and O–H groups in total.